The number of Topliss-reactive ketones (excluding diaryl/α,β-unsaturated/α-hetero) is 1. The molecule has 0 aliphatic heterocycles. The summed E-state index contributed by atoms with van der Waals surface area (Å²) >= 11 is 0. The Hall–Kier alpha value is -7.40. The number of benzene rings is 2. The smallest absolute Gasteiger partial charge is 0.391 e. The van der Waals surface area contributed by atoms with E-state index in [-0.39, 0.29) is 19.3 Å². The minimum absolute atomic E-state index is 0.206. The van der Waals surface area contributed by atoms with Gasteiger partial charge in [-0.3, -0.25) is 52.7 Å². The average molecular weight is 1030 g/mol. The third-order valence-corrected chi connectivity index (χ3v) is 11.2. The predicted molar refractivity (Wildman–Crippen MR) is 255 cm³/mol. The maximum absolute atomic E-state index is 14.4. The molecule has 0 aromatic heterocycles. The summed E-state index contributed by atoms with van der Waals surface area (Å²) in [4.78, 5) is 143. The van der Waals surface area contributed by atoms with Gasteiger partial charge in [0.25, 0.3) is 5.91 Å². The van der Waals surface area contributed by atoms with Crippen molar-refractivity contribution in [1.29, 1.82) is 0 Å². The molecule has 21 nitrogen and oxygen atoms in total. The fourth-order valence-electron chi connectivity index (χ4n) is 7.30. The number of carbonyl (C=O) groups excluding carboxylic acids is 8. The van der Waals surface area contributed by atoms with Crippen molar-refractivity contribution >= 4 is 65.0 Å². The van der Waals surface area contributed by atoms with Crippen LogP contribution in [-0.4, -0.2) is 123 Å². The van der Waals surface area contributed by atoms with Crippen LogP contribution in [0.3, 0.4) is 0 Å². The highest BCUT2D eigenvalue weighted by atomic mass is 19.4. The average Bonchev–Trinajstić information content (AvgIpc) is 3.28. The lowest BCUT2D eigenvalue weighted by atomic mass is 9.85. The number of hydrogen-bond acceptors (Lipinski definition) is 11. The molecule has 7 atom stereocenters. The van der Waals surface area contributed by atoms with E-state index in [4.69, 9.17) is 5.11 Å². The highest BCUT2D eigenvalue weighted by molar-refractivity contribution is 6.38. The molecule has 0 saturated heterocycles. The number of aryl methyl sites for hydroxylation is 1. The molecule has 2 rings (SSSR count). The number of rotatable bonds is 29. The van der Waals surface area contributed by atoms with Gasteiger partial charge in [0.1, 0.15) is 36.3 Å². The molecule has 0 spiro atoms. The molecule has 24 heteroatoms. The lowest BCUT2D eigenvalue weighted by Gasteiger charge is -2.34. The number of alkyl halides is 3. The van der Waals surface area contributed by atoms with Gasteiger partial charge in [-0.15, -0.1) is 0 Å². The molecule has 73 heavy (non-hydrogen) atoms. The number of aliphatic carboxylic acids is 3. The number of amides is 7. The number of carboxylic acids is 3. The van der Waals surface area contributed by atoms with Crippen molar-refractivity contribution in [3.05, 3.63) is 71.3 Å². The van der Waals surface area contributed by atoms with Crippen molar-refractivity contribution in [3.63, 3.8) is 0 Å². The van der Waals surface area contributed by atoms with Gasteiger partial charge in [-0.25, -0.2) is 0 Å². The number of nitrogens with one attached hydrogen (secondary N) is 7. The maximum atomic E-state index is 14.4. The van der Waals surface area contributed by atoms with E-state index in [2.05, 4.69) is 31.9 Å². The van der Waals surface area contributed by atoms with E-state index >= 15 is 0 Å². The topological polar surface area (TPSA) is 333 Å². The Morgan fingerprint density at radius 1 is 0.575 bits per heavy atom. The van der Waals surface area contributed by atoms with Crippen molar-refractivity contribution in [2.75, 3.05) is 0 Å². The molecular weight excluding hydrogens is 968 g/mol. The molecule has 0 aliphatic carbocycles. The Morgan fingerprint density at radius 2 is 1.10 bits per heavy atom. The van der Waals surface area contributed by atoms with Crippen LogP contribution in [0.1, 0.15) is 116 Å². The second kappa shape index (κ2) is 28.6. The molecule has 10 N–H and O–H groups in total. The van der Waals surface area contributed by atoms with E-state index in [0.29, 0.717) is 16.7 Å². The first kappa shape index (κ1) is 61.7. The van der Waals surface area contributed by atoms with Crippen molar-refractivity contribution in [2.45, 2.75) is 155 Å². The van der Waals surface area contributed by atoms with Gasteiger partial charge in [0.15, 0.2) is 0 Å². The molecule has 0 radical (unpaired) electrons. The predicted octanol–water partition coefficient (Wildman–Crippen LogP) is 2.53. The first-order valence-corrected chi connectivity index (χ1v) is 23.4. The zero-order valence-electron chi connectivity index (χ0n) is 41.6. The summed E-state index contributed by atoms with van der Waals surface area (Å²) < 4.78 is 41.8. The molecule has 2 aromatic carbocycles. The van der Waals surface area contributed by atoms with Gasteiger partial charge in [-0.05, 0) is 54.2 Å². The molecule has 402 valence electrons. The quantitative estimate of drug-likeness (QED) is 0.0524. The van der Waals surface area contributed by atoms with E-state index in [0.717, 1.165) is 0 Å². The summed E-state index contributed by atoms with van der Waals surface area (Å²) in [5, 5.41) is 44.0. The standard InChI is InChI=1S/C49H66F3N7O14/c1-8-30(28-15-10-9-11-16-28)54-46(72)40(67)35(25-49(50,51)52)58-43(69)32(22-26(2)3)57-47(73)41(48(5,6)7)59-45(71)33(23-29-17-13-12-14-27(29)4)56-42(68)31(18-20-37(61)62)55-44(70)34(24-39(65)66)53-36(60)19-21-38(63)64/h9-17,26,30-35,41H,8,18-25H2,1-7H3,(H,53,60)(H,54,72)(H,55,70)(H,56,68)(H,57,73)(H,58,69)(H,59,71)(H,61,62)(H,63,64)(H,65,66)/t30?,31-,32-,33-,34-,35?,41+/m0/s1. The van der Waals surface area contributed by atoms with Gasteiger partial charge >= 0.3 is 24.1 Å². The molecule has 7 amide bonds. The fourth-order valence-corrected chi connectivity index (χ4v) is 7.30. The lowest BCUT2D eigenvalue weighted by molar-refractivity contribution is -0.154. The summed E-state index contributed by atoms with van der Waals surface area (Å²) in [6, 6.07) is 3.27. The monoisotopic (exact) mass is 1030 g/mol. The normalized spacial score (nSPS) is 14.3. The Bertz CT molecular complexity index is 2310. The van der Waals surface area contributed by atoms with Crippen LogP contribution in [0, 0.1) is 18.3 Å². The van der Waals surface area contributed by atoms with Gasteiger partial charge in [0.2, 0.25) is 41.2 Å². The van der Waals surface area contributed by atoms with Gasteiger partial charge < -0.3 is 52.5 Å². The van der Waals surface area contributed by atoms with Crippen LogP contribution >= 0.6 is 0 Å². The van der Waals surface area contributed by atoms with Crippen LogP contribution in [0.25, 0.3) is 0 Å². The highest BCUT2D eigenvalue weighted by Gasteiger charge is 2.42. The Morgan fingerprint density at radius 3 is 1.63 bits per heavy atom. The first-order valence-electron chi connectivity index (χ1n) is 23.4. The maximum Gasteiger partial charge on any atom is 0.391 e. The summed E-state index contributed by atoms with van der Waals surface area (Å²) in [6.45, 7) is 11.2. The minimum Gasteiger partial charge on any atom is -0.481 e. The van der Waals surface area contributed by atoms with E-state index in [9.17, 15) is 76.1 Å². The Kier molecular flexibility index (Phi) is 24.2. The second-order valence-electron chi connectivity index (χ2n) is 18.9. The third kappa shape index (κ3) is 22.3. The largest absolute Gasteiger partial charge is 0.481 e. The number of carbonyl (C=O) groups is 11. The van der Waals surface area contributed by atoms with Crippen molar-refractivity contribution < 1.29 is 81.2 Å². The van der Waals surface area contributed by atoms with Gasteiger partial charge in [-0.2, -0.15) is 13.2 Å². The van der Waals surface area contributed by atoms with E-state index in [1.54, 1.807) is 82.3 Å². The van der Waals surface area contributed by atoms with Crippen molar-refractivity contribution in [2.24, 2.45) is 11.3 Å². The lowest BCUT2D eigenvalue weighted by Crippen LogP contribution is -2.62. The molecule has 0 aliphatic rings. The third-order valence-electron chi connectivity index (χ3n) is 11.2. The summed E-state index contributed by atoms with van der Waals surface area (Å²) in [7, 11) is 0. The van der Waals surface area contributed by atoms with Crippen LogP contribution in [0.15, 0.2) is 54.6 Å². The molecule has 0 bridgehead atoms. The molecule has 0 saturated carbocycles. The van der Waals surface area contributed by atoms with E-state index < -0.39 is 163 Å². The fraction of sp³-hybridized carbons (Fsp3) is 0.531. The summed E-state index contributed by atoms with van der Waals surface area (Å²) in [6.07, 6.45) is -10.9. The van der Waals surface area contributed by atoms with Crippen LogP contribution < -0.4 is 37.2 Å². The van der Waals surface area contributed by atoms with Gasteiger partial charge in [0.05, 0.1) is 25.3 Å². The summed E-state index contributed by atoms with van der Waals surface area (Å²) in [5.74, 6) is -14.6. The molecular formula is C49H66F3N7O14. The first-order chi connectivity index (χ1) is 33.9. The van der Waals surface area contributed by atoms with E-state index in [1.807, 2.05) is 5.32 Å². The second-order valence-corrected chi connectivity index (χ2v) is 18.9. The zero-order chi connectivity index (χ0) is 55.4. The molecule has 0 fully saturated rings. The zero-order valence-corrected chi connectivity index (χ0v) is 41.6. The molecule has 2 unspecified atom stereocenters. The van der Waals surface area contributed by atoms with E-state index in [1.165, 1.54) is 20.8 Å². The number of ketones is 1. The van der Waals surface area contributed by atoms with Crippen LogP contribution in [0.5, 0.6) is 0 Å². The van der Waals surface area contributed by atoms with Crippen LogP contribution in [0.2, 0.25) is 0 Å². The molecule has 0 heterocycles. The van der Waals surface area contributed by atoms with Crippen LogP contribution in [-0.2, 0) is 59.2 Å². The van der Waals surface area contributed by atoms with Crippen LogP contribution in [0.4, 0.5) is 13.2 Å². The van der Waals surface area contributed by atoms with Gasteiger partial charge in [-0.1, -0.05) is 96.1 Å². The number of hydrogen-bond donors (Lipinski definition) is 10. The Balaban J connectivity index is 2.51. The number of carboxylic acid groups (broad SMARTS) is 3. The van der Waals surface area contributed by atoms with Crippen molar-refractivity contribution in [3.8, 4) is 0 Å². The Labute approximate surface area is 419 Å². The van der Waals surface area contributed by atoms with Gasteiger partial charge in [0, 0.05) is 19.3 Å². The minimum atomic E-state index is -5.05. The van der Waals surface area contributed by atoms with Crippen molar-refractivity contribution in [1.82, 2.24) is 37.2 Å². The molecule has 2 aromatic rings. The highest BCUT2D eigenvalue weighted by Crippen LogP contribution is 2.24. The number of halogens is 3. The SMILES string of the molecule is CCC(NC(=O)C(=O)C(CC(F)(F)F)NC(=O)[C@H](CC(C)C)NC(=O)[C@@H](NC(=O)[C@H](Cc1ccccc1C)NC(=O)[C@H](CCC(=O)O)NC(=O)[C@H](CC(=O)O)NC(=O)CCC(=O)O)C(C)(C)C)c1ccccc1. The summed E-state index contributed by atoms with van der Waals surface area (Å²) in [5.41, 5.74) is 0.477.